The number of allylic oxidation sites excluding steroid dienone is 1. The molecule has 0 fully saturated rings. The van der Waals surface area contributed by atoms with Gasteiger partial charge in [-0.3, -0.25) is 4.57 Å². The first-order valence-electron chi connectivity index (χ1n) is 9.28. The maximum absolute atomic E-state index is 11.5. The van der Waals surface area contributed by atoms with E-state index in [9.17, 15) is 4.79 Å². The largest absolute Gasteiger partial charge is 0.463 e. The van der Waals surface area contributed by atoms with Crippen molar-refractivity contribution in [2.24, 2.45) is 0 Å². The van der Waals surface area contributed by atoms with Crippen LogP contribution in [0.5, 0.6) is 0 Å². The molecule has 7 heteroatoms. The monoisotopic (exact) mass is 411 g/mol. The average molecular weight is 412 g/mol. The number of aromatic nitrogens is 3. The van der Waals surface area contributed by atoms with Gasteiger partial charge in [0.25, 0.3) is 0 Å². The standard InChI is InChI=1S/C22H25N3O3S/c1-6-13-25-19(15-7-9-16(10-8-15)22(2,3)4)23-24-21(25)29-14-17-11-12-18(28-17)20(26)27-5/h6-12H,1,13-14H2,2-5H3. The fourth-order valence-electron chi connectivity index (χ4n) is 2.82. The minimum absolute atomic E-state index is 0.0976. The van der Waals surface area contributed by atoms with E-state index in [-0.39, 0.29) is 11.2 Å². The van der Waals surface area contributed by atoms with Crippen molar-refractivity contribution in [2.75, 3.05) is 7.11 Å². The van der Waals surface area contributed by atoms with Crippen LogP contribution in [-0.4, -0.2) is 27.8 Å². The Morgan fingerprint density at radius 1 is 1.21 bits per heavy atom. The Hall–Kier alpha value is -2.80. The first-order valence-corrected chi connectivity index (χ1v) is 10.3. The van der Waals surface area contributed by atoms with Crippen molar-refractivity contribution in [3.8, 4) is 11.4 Å². The zero-order valence-corrected chi connectivity index (χ0v) is 18.0. The number of furan rings is 1. The second-order valence-corrected chi connectivity index (χ2v) is 8.52. The lowest BCUT2D eigenvalue weighted by atomic mass is 9.87. The lowest BCUT2D eigenvalue weighted by Gasteiger charge is -2.19. The zero-order valence-electron chi connectivity index (χ0n) is 17.1. The number of hydrogen-bond donors (Lipinski definition) is 0. The summed E-state index contributed by atoms with van der Waals surface area (Å²) in [4.78, 5) is 11.5. The molecule has 0 aliphatic carbocycles. The normalized spacial score (nSPS) is 11.4. The van der Waals surface area contributed by atoms with E-state index in [2.05, 4.69) is 66.5 Å². The summed E-state index contributed by atoms with van der Waals surface area (Å²) in [6.07, 6.45) is 1.82. The Morgan fingerprint density at radius 2 is 1.93 bits per heavy atom. The summed E-state index contributed by atoms with van der Waals surface area (Å²) in [7, 11) is 1.33. The van der Waals surface area contributed by atoms with Gasteiger partial charge in [0.2, 0.25) is 5.76 Å². The number of hydrogen-bond acceptors (Lipinski definition) is 6. The van der Waals surface area contributed by atoms with Crippen LogP contribution >= 0.6 is 11.8 Å². The molecule has 0 saturated heterocycles. The Labute approximate surface area is 175 Å². The topological polar surface area (TPSA) is 70.2 Å². The Morgan fingerprint density at radius 3 is 2.55 bits per heavy atom. The molecule has 152 valence electrons. The SMILES string of the molecule is C=CCn1c(SCc2ccc(C(=O)OC)o2)nnc1-c1ccc(C(C)(C)C)cc1. The molecule has 0 saturated carbocycles. The highest BCUT2D eigenvalue weighted by Crippen LogP contribution is 2.29. The highest BCUT2D eigenvalue weighted by molar-refractivity contribution is 7.98. The van der Waals surface area contributed by atoms with Gasteiger partial charge in [-0.25, -0.2) is 4.79 Å². The van der Waals surface area contributed by atoms with Crippen molar-refractivity contribution >= 4 is 17.7 Å². The van der Waals surface area contributed by atoms with Crippen LogP contribution in [0.25, 0.3) is 11.4 Å². The second-order valence-electron chi connectivity index (χ2n) is 7.58. The van der Waals surface area contributed by atoms with Crippen molar-refractivity contribution in [1.29, 1.82) is 0 Å². The van der Waals surface area contributed by atoms with Crippen LogP contribution < -0.4 is 0 Å². The Kier molecular flexibility index (Phi) is 6.27. The van der Waals surface area contributed by atoms with Crippen LogP contribution in [0, 0.1) is 0 Å². The molecule has 1 aromatic carbocycles. The highest BCUT2D eigenvalue weighted by atomic mass is 32.2. The van der Waals surface area contributed by atoms with E-state index in [1.807, 2.05) is 10.6 Å². The summed E-state index contributed by atoms with van der Waals surface area (Å²) in [5.74, 6) is 1.68. The number of benzene rings is 1. The van der Waals surface area contributed by atoms with Gasteiger partial charge in [0.05, 0.1) is 12.9 Å². The first-order chi connectivity index (χ1) is 13.8. The lowest BCUT2D eigenvalue weighted by Crippen LogP contribution is -2.10. The molecule has 0 atom stereocenters. The number of esters is 1. The fourth-order valence-corrected chi connectivity index (χ4v) is 3.67. The van der Waals surface area contributed by atoms with Gasteiger partial charge in [-0.05, 0) is 23.1 Å². The van der Waals surface area contributed by atoms with E-state index >= 15 is 0 Å². The van der Waals surface area contributed by atoms with E-state index in [1.165, 1.54) is 24.4 Å². The summed E-state index contributed by atoms with van der Waals surface area (Å²) in [5.41, 5.74) is 2.37. The number of thioether (sulfide) groups is 1. The molecular formula is C22H25N3O3S. The molecule has 2 heterocycles. The predicted octanol–water partition coefficient (Wildman–Crippen LogP) is 5.10. The maximum atomic E-state index is 11.5. The number of methoxy groups -OCH3 is 1. The maximum Gasteiger partial charge on any atom is 0.373 e. The molecule has 0 amide bonds. The molecule has 3 rings (SSSR count). The van der Waals surface area contributed by atoms with Crippen LogP contribution in [0.3, 0.4) is 0 Å². The van der Waals surface area contributed by atoms with E-state index < -0.39 is 5.97 Å². The van der Waals surface area contributed by atoms with Gasteiger partial charge in [-0.2, -0.15) is 0 Å². The van der Waals surface area contributed by atoms with E-state index in [4.69, 9.17) is 4.42 Å². The third-order valence-corrected chi connectivity index (χ3v) is 5.42. The molecule has 0 radical (unpaired) electrons. The zero-order chi connectivity index (χ0) is 21.0. The van der Waals surface area contributed by atoms with Crippen LogP contribution in [0.1, 0.15) is 42.6 Å². The third-order valence-electron chi connectivity index (χ3n) is 4.43. The van der Waals surface area contributed by atoms with Gasteiger partial charge in [0.1, 0.15) is 5.76 Å². The smallest absolute Gasteiger partial charge is 0.373 e. The molecule has 6 nitrogen and oxygen atoms in total. The molecule has 0 N–H and O–H groups in total. The number of carbonyl (C=O) groups is 1. The number of rotatable bonds is 7. The average Bonchev–Trinajstić information content (AvgIpc) is 3.33. The van der Waals surface area contributed by atoms with E-state index in [1.54, 1.807) is 12.1 Å². The van der Waals surface area contributed by atoms with Crippen LogP contribution in [0.4, 0.5) is 0 Å². The first kappa shape index (κ1) is 20.9. The van der Waals surface area contributed by atoms with Crippen molar-refractivity contribution in [1.82, 2.24) is 14.8 Å². The Bertz CT molecular complexity index is 997. The van der Waals surface area contributed by atoms with Crippen LogP contribution in [-0.2, 0) is 22.4 Å². The summed E-state index contributed by atoms with van der Waals surface area (Å²) in [5, 5.41) is 9.51. The summed E-state index contributed by atoms with van der Waals surface area (Å²) < 4.78 is 12.2. The van der Waals surface area contributed by atoms with E-state index in [0.717, 1.165) is 16.5 Å². The number of nitrogens with zero attached hydrogens (tertiary/aromatic N) is 3. The summed E-state index contributed by atoms with van der Waals surface area (Å²) >= 11 is 1.49. The molecular weight excluding hydrogens is 386 g/mol. The van der Waals surface area contributed by atoms with Gasteiger partial charge in [-0.1, -0.05) is 62.9 Å². The molecule has 0 bridgehead atoms. The third kappa shape index (κ3) is 4.79. The van der Waals surface area contributed by atoms with Gasteiger partial charge in [0.15, 0.2) is 11.0 Å². The number of ether oxygens (including phenoxy) is 1. The van der Waals surface area contributed by atoms with Crippen molar-refractivity contribution in [3.63, 3.8) is 0 Å². The minimum atomic E-state index is -0.489. The van der Waals surface area contributed by atoms with Crippen molar-refractivity contribution < 1.29 is 13.9 Å². The molecule has 0 aliphatic rings. The second kappa shape index (κ2) is 8.69. The molecule has 0 unspecified atom stereocenters. The van der Waals surface area contributed by atoms with Crippen LogP contribution in [0.2, 0.25) is 0 Å². The number of carbonyl (C=O) groups excluding carboxylic acids is 1. The fraction of sp³-hybridized carbons (Fsp3) is 0.318. The molecule has 0 spiro atoms. The van der Waals surface area contributed by atoms with Gasteiger partial charge in [-0.15, -0.1) is 16.8 Å². The van der Waals surface area contributed by atoms with Crippen molar-refractivity contribution in [3.05, 3.63) is 66.1 Å². The summed E-state index contributed by atoms with van der Waals surface area (Å²) in [6.45, 7) is 11.0. The van der Waals surface area contributed by atoms with Gasteiger partial charge in [0, 0.05) is 12.1 Å². The van der Waals surface area contributed by atoms with Crippen molar-refractivity contribution in [2.45, 2.75) is 43.6 Å². The molecule has 2 aromatic heterocycles. The van der Waals surface area contributed by atoms with Crippen LogP contribution in [0.15, 0.2) is 58.6 Å². The van der Waals surface area contributed by atoms with E-state index in [0.29, 0.717) is 18.1 Å². The molecule has 0 aliphatic heterocycles. The highest BCUT2D eigenvalue weighted by Gasteiger charge is 2.17. The Balaban J connectivity index is 1.80. The molecule has 3 aromatic rings. The van der Waals surface area contributed by atoms with Gasteiger partial charge < -0.3 is 9.15 Å². The van der Waals surface area contributed by atoms with Gasteiger partial charge >= 0.3 is 5.97 Å². The minimum Gasteiger partial charge on any atom is -0.463 e. The quantitative estimate of drug-likeness (QED) is 0.306. The lowest BCUT2D eigenvalue weighted by molar-refractivity contribution is 0.0563. The molecule has 29 heavy (non-hydrogen) atoms. The summed E-state index contributed by atoms with van der Waals surface area (Å²) in [6, 6.07) is 11.8. The predicted molar refractivity (Wildman–Crippen MR) is 114 cm³/mol.